The van der Waals surface area contributed by atoms with Gasteiger partial charge < -0.3 is 0 Å². The molecule has 2 nitrogen and oxygen atoms in total. The van der Waals surface area contributed by atoms with E-state index in [0.29, 0.717) is 0 Å². The lowest BCUT2D eigenvalue weighted by Crippen LogP contribution is -1.98. The van der Waals surface area contributed by atoms with Gasteiger partial charge in [-0.2, -0.15) is 0 Å². The number of aryl methyl sites for hydroxylation is 3. The Hall–Kier alpha value is -0.960. The Morgan fingerprint density at radius 3 is 2.62 bits per heavy atom. The zero-order valence-electron chi connectivity index (χ0n) is 9.84. The number of hydrogen-bond donors (Lipinski definition) is 0. The third kappa shape index (κ3) is 2.09. The van der Waals surface area contributed by atoms with E-state index in [4.69, 9.17) is 0 Å². The van der Waals surface area contributed by atoms with Crippen molar-refractivity contribution >= 4 is 26.8 Å². The summed E-state index contributed by atoms with van der Waals surface area (Å²) in [5.74, 6) is 0.925. The number of halogens is 1. The molecular formula is C13H15BrN2. The van der Waals surface area contributed by atoms with E-state index in [1.54, 1.807) is 0 Å². The highest BCUT2D eigenvalue weighted by atomic mass is 79.9. The SMILES string of the molecule is CCCc1nc(Br)c2cc(C)cc(C)c2n1. The molecule has 0 spiro atoms. The van der Waals surface area contributed by atoms with Crippen LogP contribution in [0.3, 0.4) is 0 Å². The van der Waals surface area contributed by atoms with Gasteiger partial charge in [0.1, 0.15) is 10.4 Å². The quantitative estimate of drug-likeness (QED) is 0.777. The largest absolute Gasteiger partial charge is 0.233 e. The minimum absolute atomic E-state index is 0.910. The summed E-state index contributed by atoms with van der Waals surface area (Å²) in [7, 11) is 0. The number of nitrogens with zero attached hydrogens (tertiary/aromatic N) is 2. The number of rotatable bonds is 2. The molecule has 2 rings (SSSR count). The van der Waals surface area contributed by atoms with Gasteiger partial charge in [-0.15, -0.1) is 0 Å². The molecule has 0 aliphatic rings. The monoisotopic (exact) mass is 278 g/mol. The third-order valence-corrected chi connectivity index (χ3v) is 3.21. The van der Waals surface area contributed by atoms with Crippen LogP contribution < -0.4 is 0 Å². The Bertz CT molecular complexity index is 535. The van der Waals surface area contributed by atoms with Gasteiger partial charge in [-0.05, 0) is 47.8 Å². The Morgan fingerprint density at radius 1 is 1.19 bits per heavy atom. The molecule has 0 N–H and O–H groups in total. The van der Waals surface area contributed by atoms with Crippen LogP contribution in [0.15, 0.2) is 16.7 Å². The van der Waals surface area contributed by atoms with Gasteiger partial charge in [-0.1, -0.05) is 18.6 Å². The Morgan fingerprint density at radius 2 is 1.94 bits per heavy atom. The van der Waals surface area contributed by atoms with Crippen molar-refractivity contribution in [1.82, 2.24) is 9.97 Å². The Labute approximate surface area is 104 Å². The highest BCUT2D eigenvalue weighted by Crippen LogP contribution is 2.25. The van der Waals surface area contributed by atoms with E-state index in [9.17, 15) is 0 Å². The van der Waals surface area contributed by atoms with Crippen molar-refractivity contribution in [2.75, 3.05) is 0 Å². The Balaban J connectivity index is 2.71. The molecule has 0 aliphatic carbocycles. The van der Waals surface area contributed by atoms with Crippen molar-refractivity contribution in [2.45, 2.75) is 33.6 Å². The van der Waals surface area contributed by atoms with E-state index in [-0.39, 0.29) is 0 Å². The maximum absolute atomic E-state index is 4.63. The van der Waals surface area contributed by atoms with Gasteiger partial charge in [-0.3, -0.25) is 0 Å². The normalized spacial score (nSPS) is 11.0. The van der Waals surface area contributed by atoms with Gasteiger partial charge in [-0.25, -0.2) is 9.97 Å². The molecule has 3 heteroatoms. The maximum Gasteiger partial charge on any atom is 0.130 e. The fourth-order valence-electron chi connectivity index (χ4n) is 1.93. The summed E-state index contributed by atoms with van der Waals surface area (Å²) in [6.07, 6.45) is 2.00. The molecule has 0 amide bonds. The van der Waals surface area contributed by atoms with Crippen LogP contribution >= 0.6 is 15.9 Å². The summed E-state index contributed by atoms with van der Waals surface area (Å²) in [5.41, 5.74) is 3.53. The molecule has 0 bridgehead atoms. The smallest absolute Gasteiger partial charge is 0.130 e. The van der Waals surface area contributed by atoms with Crippen LogP contribution in [0.4, 0.5) is 0 Å². The van der Waals surface area contributed by atoms with Crippen LogP contribution in [-0.2, 0) is 6.42 Å². The summed E-state index contributed by atoms with van der Waals surface area (Å²) in [4.78, 5) is 9.10. The lowest BCUT2D eigenvalue weighted by Gasteiger charge is -2.07. The van der Waals surface area contributed by atoms with E-state index >= 15 is 0 Å². The molecule has 0 radical (unpaired) electrons. The van der Waals surface area contributed by atoms with Gasteiger partial charge in [0, 0.05) is 11.8 Å². The van der Waals surface area contributed by atoms with Crippen LogP contribution in [0, 0.1) is 13.8 Å². The highest BCUT2D eigenvalue weighted by molar-refractivity contribution is 9.10. The standard InChI is InChI=1S/C13H15BrN2/c1-4-5-11-15-12-9(3)6-8(2)7-10(12)13(14)16-11/h6-7H,4-5H2,1-3H3. The summed E-state index contributed by atoms with van der Waals surface area (Å²) in [6.45, 7) is 6.34. The van der Waals surface area contributed by atoms with Gasteiger partial charge in [0.2, 0.25) is 0 Å². The van der Waals surface area contributed by atoms with E-state index in [0.717, 1.165) is 34.2 Å². The first-order chi connectivity index (χ1) is 7.61. The van der Waals surface area contributed by atoms with Crippen LogP contribution in [0.1, 0.15) is 30.3 Å². The van der Waals surface area contributed by atoms with Crippen molar-refractivity contribution in [1.29, 1.82) is 0 Å². The second-order valence-corrected chi connectivity index (χ2v) is 4.91. The summed E-state index contributed by atoms with van der Waals surface area (Å²) >= 11 is 3.53. The third-order valence-electron chi connectivity index (χ3n) is 2.61. The van der Waals surface area contributed by atoms with Crippen molar-refractivity contribution in [3.8, 4) is 0 Å². The number of hydrogen-bond acceptors (Lipinski definition) is 2. The highest BCUT2D eigenvalue weighted by Gasteiger charge is 2.07. The first kappa shape index (κ1) is 11.5. The van der Waals surface area contributed by atoms with Gasteiger partial charge in [0.15, 0.2) is 0 Å². The molecule has 0 saturated carbocycles. The lowest BCUT2D eigenvalue weighted by molar-refractivity contribution is 0.839. The fourth-order valence-corrected chi connectivity index (χ4v) is 2.44. The molecule has 0 unspecified atom stereocenters. The number of fused-ring (bicyclic) bond motifs is 1. The van der Waals surface area contributed by atoms with Crippen molar-refractivity contribution in [3.63, 3.8) is 0 Å². The van der Waals surface area contributed by atoms with Gasteiger partial charge >= 0.3 is 0 Å². The summed E-state index contributed by atoms with van der Waals surface area (Å²) in [6, 6.07) is 4.29. The molecule has 2 aromatic rings. The van der Waals surface area contributed by atoms with E-state index in [1.165, 1.54) is 11.1 Å². The predicted octanol–water partition coefficient (Wildman–Crippen LogP) is 3.96. The molecule has 0 saturated heterocycles. The minimum atomic E-state index is 0.910. The molecule has 1 aromatic heterocycles. The van der Waals surface area contributed by atoms with Crippen molar-refractivity contribution in [2.24, 2.45) is 0 Å². The first-order valence-electron chi connectivity index (χ1n) is 5.55. The topological polar surface area (TPSA) is 25.8 Å². The second-order valence-electron chi connectivity index (χ2n) is 4.16. The maximum atomic E-state index is 4.63. The van der Waals surface area contributed by atoms with E-state index in [1.807, 2.05) is 0 Å². The molecule has 84 valence electrons. The molecule has 16 heavy (non-hydrogen) atoms. The zero-order valence-corrected chi connectivity index (χ0v) is 11.4. The zero-order chi connectivity index (χ0) is 11.7. The van der Waals surface area contributed by atoms with Crippen LogP contribution in [-0.4, -0.2) is 9.97 Å². The summed E-state index contributed by atoms with van der Waals surface area (Å²) in [5, 5.41) is 1.11. The molecular weight excluding hydrogens is 264 g/mol. The van der Waals surface area contributed by atoms with Crippen molar-refractivity contribution < 1.29 is 0 Å². The van der Waals surface area contributed by atoms with Gasteiger partial charge in [0.05, 0.1) is 5.52 Å². The number of benzene rings is 1. The molecule has 1 aromatic carbocycles. The van der Waals surface area contributed by atoms with E-state index in [2.05, 4.69) is 58.8 Å². The lowest BCUT2D eigenvalue weighted by atomic mass is 10.1. The molecule has 0 atom stereocenters. The average Bonchev–Trinajstić information content (AvgIpc) is 2.20. The first-order valence-corrected chi connectivity index (χ1v) is 6.34. The van der Waals surface area contributed by atoms with Crippen LogP contribution in [0.2, 0.25) is 0 Å². The Kier molecular flexibility index (Phi) is 3.24. The summed E-state index contributed by atoms with van der Waals surface area (Å²) < 4.78 is 0.910. The number of aromatic nitrogens is 2. The van der Waals surface area contributed by atoms with E-state index < -0.39 is 0 Å². The van der Waals surface area contributed by atoms with Crippen LogP contribution in [0.25, 0.3) is 10.9 Å². The van der Waals surface area contributed by atoms with Gasteiger partial charge in [0.25, 0.3) is 0 Å². The minimum Gasteiger partial charge on any atom is -0.233 e. The molecule has 0 aliphatic heterocycles. The molecule has 1 heterocycles. The second kappa shape index (κ2) is 4.50. The van der Waals surface area contributed by atoms with Crippen LogP contribution in [0.5, 0.6) is 0 Å². The van der Waals surface area contributed by atoms with Crippen molar-refractivity contribution in [3.05, 3.63) is 33.7 Å². The molecule has 0 fully saturated rings. The predicted molar refractivity (Wildman–Crippen MR) is 70.7 cm³/mol. The average molecular weight is 279 g/mol. The fraction of sp³-hybridized carbons (Fsp3) is 0.385.